The average molecular weight is 340 g/mol. The van der Waals surface area contributed by atoms with E-state index in [0.29, 0.717) is 5.92 Å². The van der Waals surface area contributed by atoms with Crippen molar-refractivity contribution < 1.29 is 9.47 Å². The van der Waals surface area contributed by atoms with Gasteiger partial charge in [0.1, 0.15) is 17.1 Å². The molecule has 3 aromatic rings. The highest BCUT2D eigenvalue weighted by atomic mass is 16.5. The van der Waals surface area contributed by atoms with Crippen molar-refractivity contribution in [1.29, 1.82) is 0 Å². The number of aromatic nitrogens is 4. The molecule has 1 aromatic carbocycles. The van der Waals surface area contributed by atoms with Crippen molar-refractivity contribution in [3.8, 4) is 11.4 Å². The monoisotopic (exact) mass is 340 g/mol. The summed E-state index contributed by atoms with van der Waals surface area (Å²) in [6, 6.07) is 7.87. The molecule has 2 aromatic heterocycles. The Bertz CT molecular complexity index is 892. The van der Waals surface area contributed by atoms with Gasteiger partial charge in [-0.15, -0.1) is 0 Å². The van der Waals surface area contributed by atoms with Crippen LogP contribution in [0.4, 0.5) is 0 Å². The minimum Gasteiger partial charge on any atom is -0.497 e. The molecule has 1 atom stereocenters. The van der Waals surface area contributed by atoms with Crippen molar-refractivity contribution >= 4 is 11.2 Å². The molecule has 3 heterocycles. The number of imidazole rings is 1. The Kier molecular flexibility index (Phi) is 3.80. The fourth-order valence-electron chi connectivity index (χ4n) is 3.60. The number of hydrogen-bond acceptors (Lipinski definition) is 4. The first-order chi connectivity index (χ1) is 12.0. The van der Waals surface area contributed by atoms with Gasteiger partial charge in [0.2, 0.25) is 0 Å². The lowest BCUT2D eigenvalue weighted by molar-refractivity contribution is -0.0602. The Morgan fingerprint density at radius 1 is 1.28 bits per heavy atom. The maximum absolute atomic E-state index is 5.84. The van der Waals surface area contributed by atoms with Gasteiger partial charge in [0, 0.05) is 12.5 Å². The first-order valence-corrected chi connectivity index (χ1v) is 8.70. The molecule has 0 saturated carbocycles. The topological polar surface area (TPSA) is 65.0 Å². The number of nitrogens with one attached hydrogen (secondary N) is 1. The van der Waals surface area contributed by atoms with Gasteiger partial charge >= 0.3 is 0 Å². The van der Waals surface area contributed by atoms with Gasteiger partial charge in [0.15, 0.2) is 5.65 Å². The number of hydrogen-bond donors (Lipinski definition) is 1. The lowest BCUT2D eigenvalue weighted by Crippen LogP contribution is -2.33. The molecule has 1 fully saturated rings. The van der Waals surface area contributed by atoms with Crippen LogP contribution in [0.2, 0.25) is 0 Å². The van der Waals surface area contributed by atoms with Crippen LogP contribution in [0, 0.1) is 6.92 Å². The molecular weight excluding hydrogens is 316 g/mol. The second kappa shape index (κ2) is 5.88. The summed E-state index contributed by atoms with van der Waals surface area (Å²) in [5, 5.41) is 4.65. The highest BCUT2D eigenvalue weighted by Crippen LogP contribution is 2.35. The lowest BCUT2D eigenvalue weighted by atomic mass is 9.88. The molecule has 1 aliphatic heterocycles. The van der Waals surface area contributed by atoms with Gasteiger partial charge in [-0.3, -0.25) is 0 Å². The molecule has 132 valence electrons. The van der Waals surface area contributed by atoms with Gasteiger partial charge in [-0.1, -0.05) is 0 Å². The normalized spacial score (nSPS) is 20.1. The number of methoxy groups -OCH3 is 1. The Hall–Kier alpha value is -2.34. The molecule has 0 bridgehead atoms. The number of H-pyrrole nitrogens is 1. The van der Waals surface area contributed by atoms with Crippen LogP contribution in [0.1, 0.15) is 44.1 Å². The second-order valence-electron chi connectivity index (χ2n) is 7.31. The summed E-state index contributed by atoms with van der Waals surface area (Å²) in [6.07, 6.45) is 1.96. The van der Waals surface area contributed by atoms with E-state index in [1.165, 1.54) is 0 Å². The first kappa shape index (κ1) is 16.1. The molecule has 1 N–H and O–H groups in total. The molecule has 1 aliphatic rings. The molecule has 6 nitrogen and oxygen atoms in total. The van der Waals surface area contributed by atoms with Crippen LogP contribution < -0.4 is 4.74 Å². The summed E-state index contributed by atoms with van der Waals surface area (Å²) >= 11 is 0. The van der Waals surface area contributed by atoms with Crippen molar-refractivity contribution in [2.75, 3.05) is 13.7 Å². The van der Waals surface area contributed by atoms with Gasteiger partial charge in [0.25, 0.3) is 0 Å². The molecule has 0 amide bonds. The zero-order valence-electron chi connectivity index (χ0n) is 15.2. The molecule has 0 unspecified atom stereocenters. The molecule has 0 aliphatic carbocycles. The predicted octanol–water partition coefficient (Wildman–Crippen LogP) is 3.74. The second-order valence-corrected chi connectivity index (χ2v) is 7.31. The SMILES string of the molecule is COc1ccc(-n2nc(C)c3[nH]c([C@H]4CCOC(C)(C)C4)nc32)cc1. The summed E-state index contributed by atoms with van der Waals surface area (Å²) in [6.45, 7) is 7.08. The number of aryl methyl sites for hydroxylation is 1. The highest BCUT2D eigenvalue weighted by Gasteiger charge is 2.32. The van der Waals surface area contributed by atoms with Crippen molar-refractivity contribution in [3.63, 3.8) is 0 Å². The van der Waals surface area contributed by atoms with Crippen LogP contribution in [-0.4, -0.2) is 39.1 Å². The fourth-order valence-corrected chi connectivity index (χ4v) is 3.60. The van der Waals surface area contributed by atoms with E-state index in [-0.39, 0.29) is 5.60 Å². The van der Waals surface area contributed by atoms with Crippen LogP contribution in [0.25, 0.3) is 16.9 Å². The number of nitrogens with zero attached hydrogens (tertiary/aromatic N) is 3. The minimum atomic E-state index is -0.0983. The van der Waals surface area contributed by atoms with Gasteiger partial charge in [-0.2, -0.15) is 5.10 Å². The Morgan fingerprint density at radius 3 is 2.72 bits per heavy atom. The van der Waals surface area contributed by atoms with Gasteiger partial charge in [-0.25, -0.2) is 9.67 Å². The van der Waals surface area contributed by atoms with Gasteiger partial charge in [0.05, 0.1) is 24.1 Å². The van der Waals surface area contributed by atoms with Crippen LogP contribution in [0.5, 0.6) is 5.75 Å². The van der Waals surface area contributed by atoms with Gasteiger partial charge in [-0.05, 0) is 57.9 Å². The number of benzene rings is 1. The highest BCUT2D eigenvalue weighted by molar-refractivity contribution is 5.76. The maximum atomic E-state index is 5.84. The Labute approximate surface area is 147 Å². The van der Waals surface area contributed by atoms with Crippen molar-refractivity contribution in [1.82, 2.24) is 19.7 Å². The molecule has 4 rings (SSSR count). The molecule has 0 radical (unpaired) electrons. The lowest BCUT2D eigenvalue weighted by Gasteiger charge is -2.34. The molecule has 1 saturated heterocycles. The van der Waals surface area contributed by atoms with E-state index in [9.17, 15) is 0 Å². The summed E-state index contributed by atoms with van der Waals surface area (Å²) in [5.74, 6) is 2.25. The zero-order chi connectivity index (χ0) is 17.6. The van der Waals surface area contributed by atoms with Crippen molar-refractivity contribution in [2.24, 2.45) is 0 Å². The first-order valence-electron chi connectivity index (χ1n) is 8.70. The van der Waals surface area contributed by atoms with E-state index in [1.54, 1.807) is 7.11 Å². The summed E-state index contributed by atoms with van der Waals surface area (Å²) in [5.41, 5.74) is 3.72. The summed E-state index contributed by atoms with van der Waals surface area (Å²) in [7, 11) is 1.67. The fraction of sp³-hybridized carbons (Fsp3) is 0.474. The van der Waals surface area contributed by atoms with Crippen LogP contribution in [0.15, 0.2) is 24.3 Å². The van der Waals surface area contributed by atoms with Crippen molar-refractivity contribution in [2.45, 2.75) is 45.1 Å². The summed E-state index contributed by atoms with van der Waals surface area (Å²) < 4.78 is 13.0. The summed E-state index contributed by atoms with van der Waals surface area (Å²) in [4.78, 5) is 8.41. The number of ether oxygens (including phenoxy) is 2. The third kappa shape index (κ3) is 2.91. The Balaban J connectivity index is 1.73. The van der Waals surface area contributed by atoms with Crippen LogP contribution in [0.3, 0.4) is 0 Å². The number of fused-ring (bicyclic) bond motifs is 1. The van der Waals surface area contributed by atoms with E-state index in [0.717, 1.165) is 53.6 Å². The van der Waals surface area contributed by atoms with Crippen LogP contribution >= 0.6 is 0 Å². The van der Waals surface area contributed by atoms with E-state index in [4.69, 9.17) is 14.5 Å². The maximum Gasteiger partial charge on any atom is 0.181 e. The molecular formula is C19H24N4O2. The number of rotatable bonds is 3. The smallest absolute Gasteiger partial charge is 0.181 e. The van der Waals surface area contributed by atoms with Crippen LogP contribution in [-0.2, 0) is 4.74 Å². The molecule has 0 spiro atoms. The van der Waals surface area contributed by atoms with E-state index in [2.05, 4.69) is 23.9 Å². The van der Waals surface area contributed by atoms with Gasteiger partial charge < -0.3 is 14.5 Å². The largest absolute Gasteiger partial charge is 0.497 e. The van der Waals surface area contributed by atoms with E-state index < -0.39 is 0 Å². The third-order valence-corrected chi connectivity index (χ3v) is 4.92. The quantitative estimate of drug-likeness (QED) is 0.789. The molecule has 6 heteroatoms. The number of aromatic amines is 1. The van der Waals surface area contributed by atoms with Crippen molar-refractivity contribution in [3.05, 3.63) is 35.8 Å². The Morgan fingerprint density at radius 2 is 2.04 bits per heavy atom. The third-order valence-electron chi connectivity index (χ3n) is 4.92. The van der Waals surface area contributed by atoms with E-state index >= 15 is 0 Å². The van der Waals surface area contributed by atoms with E-state index in [1.807, 2.05) is 35.9 Å². The molecule has 25 heavy (non-hydrogen) atoms. The average Bonchev–Trinajstić information content (AvgIpc) is 3.15. The minimum absolute atomic E-state index is 0.0983. The standard InChI is InChI=1S/C19H24N4O2/c1-12-16-18(23(22-12)14-5-7-15(24-4)8-6-14)21-17(20-16)13-9-10-25-19(2,3)11-13/h5-8,13H,9-11H2,1-4H3,(H,20,21)/t13-/m0/s1. The predicted molar refractivity (Wildman–Crippen MR) is 96.5 cm³/mol. The zero-order valence-corrected chi connectivity index (χ0v) is 15.2.